The van der Waals surface area contributed by atoms with Crippen LogP contribution in [0.5, 0.6) is 0 Å². The van der Waals surface area contributed by atoms with E-state index in [1.807, 2.05) is 12.1 Å². The summed E-state index contributed by atoms with van der Waals surface area (Å²) < 4.78 is 4.53. The highest BCUT2D eigenvalue weighted by Crippen LogP contribution is 2.34. The minimum atomic E-state index is -0.0200. The Hall–Kier alpha value is -4.12. The van der Waals surface area contributed by atoms with Crippen LogP contribution in [-0.2, 0) is 0 Å². The Morgan fingerprint density at radius 1 is 0.697 bits per heavy atom. The lowest BCUT2D eigenvalue weighted by Gasteiger charge is -2.26. The van der Waals surface area contributed by atoms with E-state index in [2.05, 4.69) is 123 Å². The van der Waals surface area contributed by atoms with E-state index in [0.717, 1.165) is 24.0 Å². The van der Waals surface area contributed by atoms with Crippen LogP contribution in [0.25, 0.3) is 32.8 Å². The van der Waals surface area contributed by atoms with Gasteiger partial charge in [0.1, 0.15) is 11.7 Å². The van der Waals surface area contributed by atoms with Crippen LogP contribution in [0.15, 0.2) is 103 Å². The molecule has 0 aliphatic heterocycles. The maximum absolute atomic E-state index is 4.64. The van der Waals surface area contributed by atoms with Crippen LogP contribution in [0.2, 0.25) is 0 Å². The molecule has 0 aliphatic carbocycles. The van der Waals surface area contributed by atoms with E-state index in [9.17, 15) is 0 Å². The zero-order valence-corrected chi connectivity index (χ0v) is 18.5. The summed E-state index contributed by atoms with van der Waals surface area (Å²) in [4.78, 5) is 2.31. The Morgan fingerprint density at radius 2 is 1.27 bits per heavy atom. The fraction of sp³-hybridized carbons (Fsp3) is 0.143. The zero-order chi connectivity index (χ0) is 22.2. The fourth-order valence-corrected chi connectivity index (χ4v) is 4.86. The number of para-hydroxylation sites is 4. The Balaban J connectivity index is 1.52. The number of aromatic nitrogens is 4. The van der Waals surface area contributed by atoms with E-state index in [0.29, 0.717) is 0 Å². The van der Waals surface area contributed by atoms with Gasteiger partial charge in [0.25, 0.3) is 0 Å². The third-order valence-electron chi connectivity index (χ3n) is 6.49. The summed E-state index contributed by atoms with van der Waals surface area (Å²) in [5, 5.41) is 11.6. The second kappa shape index (κ2) is 8.10. The molecule has 1 atom stereocenters. The molecule has 6 aromatic rings. The van der Waals surface area contributed by atoms with Crippen LogP contribution in [0.1, 0.15) is 12.6 Å². The predicted octanol–water partition coefficient (Wildman–Crippen LogP) is 6.11. The van der Waals surface area contributed by atoms with Gasteiger partial charge in [-0.25, -0.2) is 4.68 Å². The Kier molecular flexibility index (Phi) is 4.80. The maximum Gasteiger partial charge on any atom is 0.131 e. The molecule has 162 valence electrons. The number of hydrogen-bond acceptors (Lipinski definition) is 3. The van der Waals surface area contributed by atoms with Crippen molar-refractivity contribution in [2.24, 2.45) is 0 Å². The lowest BCUT2D eigenvalue weighted by Crippen LogP contribution is -2.26. The number of benzene rings is 4. The van der Waals surface area contributed by atoms with Gasteiger partial charge in [-0.1, -0.05) is 71.9 Å². The first kappa shape index (κ1) is 19.6. The zero-order valence-electron chi connectivity index (χ0n) is 18.5. The van der Waals surface area contributed by atoms with Gasteiger partial charge in [0, 0.05) is 36.5 Å². The molecule has 0 spiro atoms. The molecule has 2 heterocycles. The molecule has 0 saturated carbocycles. The first-order chi connectivity index (χ1) is 16.3. The standard InChI is InChI=1S/C28H25N5/c1-31(21-11-3-2-4-12-21)20-19-28(33-27-18-10-7-15-24(27)29-30-33)32-25-16-8-5-13-22(25)23-14-6-9-17-26(23)32/h2-18,28H,19-20H2,1H3. The predicted molar refractivity (Wildman–Crippen MR) is 136 cm³/mol. The van der Waals surface area contributed by atoms with Gasteiger partial charge in [0.2, 0.25) is 0 Å². The molecule has 4 aromatic carbocycles. The second-order valence-electron chi connectivity index (χ2n) is 8.45. The maximum atomic E-state index is 4.64. The molecule has 6 rings (SSSR count). The largest absolute Gasteiger partial charge is 0.374 e. The normalized spacial score (nSPS) is 12.5. The first-order valence-electron chi connectivity index (χ1n) is 11.3. The average Bonchev–Trinajstić information content (AvgIpc) is 3.45. The van der Waals surface area contributed by atoms with Gasteiger partial charge in [-0.3, -0.25) is 0 Å². The molecule has 0 fully saturated rings. The van der Waals surface area contributed by atoms with Crippen molar-refractivity contribution in [3.8, 4) is 0 Å². The van der Waals surface area contributed by atoms with Crippen molar-refractivity contribution in [3.05, 3.63) is 103 Å². The molecule has 0 saturated heterocycles. The van der Waals surface area contributed by atoms with Crippen molar-refractivity contribution in [2.45, 2.75) is 12.6 Å². The molecule has 5 nitrogen and oxygen atoms in total. The third kappa shape index (κ3) is 3.33. The molecule has 0 aliphatic rings. The quantitative estimate of drug-likeness (QED) is 0.319. The lowest BCUT2D eigenvalue weighted by atomic mass is 10.2. The Bertz CT molecular complexity index is 1490. The third-order valence-corrected chi connectivity index (χ3v) is 6.49. The van der Waals surface area contributed by atoms with Crippen molar-refractivity contribution in [1.29, 1.82) is 0 Å². The Morgan fingerprint density at radius 3 is 1.97 bits per heavy atom. The van der Waals surface area contributed by atoms with E-state index < -0.39 is 0 Å². The van der Waals surface area contributed by atoms with Crippen LogP contribution in [0.4, 0.5) is 5.69 Å². The van der Waals surface area contributed by atoms with Gasteiger partial charge >= 0.3 is 0 Å². The van der Waals surface area contributed by atoms with Gasteiger partial charge in [0.05, 0.1) is 16.6 Å². The van der Waals surface area contributed by atoms with Gasteiger partial charge in [0.15, 0.2) is 0 Å². The summed E-state index contributed by atoms with van der Waals surface area (Å²) in [6.45, 7) is 0.879. The molecular formula is C28H25N5. The highest BCUT2D eigenvalue weighted by molar-refractivity contribution is 6.08. The molecule has 0 amide bonds. The number of anilines is 1. The van der Waals surface area contributed by atoms with Gasteiger partial charge in [-0.2, -0.15) is 0 Å². The van der Waals surface area contributed by atoms with Gasteiger partial charge in [-0.05, 0) is 36.4 Å². The van der Waals surface area contributed by atoms with Crippen LogP contribution >= 0.6 is 0 Å². The molecule has 1 unspecified atom stereocenters. The van der Waals surface area contributed by atoms with Crippen LogP contribution in [0.3, 0.4) is 0 Å². The van der Waals surface area contributed by atoms with Crippen molar-refractivity contribution in [2.75, 3.05) is 18.5 Å². The average molecular weight is 432 g/mol. The van der Waals surface area contributed by atoms with Crippen LogP contribution in [0, 0.1) is 0 Å². The summed E-state index contributed by atoms with van der Waals surface area (Å²) in [6, 6.07) is 36.0. The second-order valence-corrected chi connectivity index (χ2v) is 8.45. The molecule has 2 aromatic heterocycles. The van der Waals surface area contributed by atoms with Gasteiger partial charge in [-0.15, -0.1) is 5.10 Å². The van der Waals surface area contributed by atoms with Crippen molar-refractivity contribution in [3.63, 3.8) is 0 Å². The topological polar surface area (TPSA) is 38.9 Å². The fourth-order valence-electron chi connectivity index (χ4n) is 4.86. The smallest absolute Gasteiger partial charge is 0.131 e. The summed E-state index contributed by atoms with van der Waals surface area (Å²) in [6.07, 6.45) is 0.856. The van der Waals surface area contributed by atoms with Gasteiger partial charge < -0.3 is 9.47 Å². The molecule has 0 radical (unpaired) electrons. The molecular weight excluding hydrogens is 406 g/mol. The SMILES string of the molecule is CN(CCC(n1nnc2ccccc21)n1c2ccccc2c2ccccc21)c1ccccc1. The highest BCUT2D eigenvalue weighted by Gasteiger charge is 2.23. The van der Waals surface area contributed by atoms with Crippen molar-refractivity contribution < 1.29 is 0 Å². The van der Waals surface area contributed by atoms with Crippen molar-refractivity contribution >= 4 is 38.5 Å². The Labute approximate surface area is 192 Å². The highest BCUT2D eigenvalue weighted by atomic mass is 15.5. The van der Waals surface area contributed by atoms with E-state index in [4.69, 9.17) is 0 Å². The number of fused-ring (bicyclic) bond motifs is 4. The van der Waals surface area contributed by atoms with E-state index in [-0.39, 0.29) is 6.17 Å². The number of nitrogens with zero attached hydrogens (tertiary/aromatic N) is 5. The molecule has 33 heavy (non-hydrogen) atoms. The van der Waals surface area contributed by atoms with E-state index in [1.54, 1.807) is 0 Å². The molecule has 0 bridgehead atoms. The number of rotatable bonds is 6. The first-order valence-corrected chi connectivity index (χ1v) is 11.3. The molecule has 0 N–H and O–H groups in total. The summed E-state index contributed by atoms with van der Waals surface area (Å²) in [5.41, 5.74) is 5.60. The minimum Gasteiger partial charge on any atom is -0.374 e. The summed E-state index contributed by atoms with van der Waals surface area (Å²) in [7, 11) is 2.15. The van der Waals surface area contributed by atoms with E-state index >= 15 is 0 Å². The summed E-state index contributed by atoms with van der Waals surface area (Å²) >= 11 is 0. The van der Waals surface area contributed by atoms with Crippen molar-refractivity contribution in [1.82, 2.24) is 19.6 Å². The van der Waals surface area contributed by atoms with Crippen LogP contribution in [-0.4, -0.2) is 33.2 Å². The number of hydrogen-bond donors (Lipinski definition) is 0. The van der Waals surface area contributed by atoms with Crippen LogP contribution < -0.4 is 4.90 Å². The summed E-state index contributed by atoms with van der Waals surface area (Å²) in [5.74, 6) is 0. The monoisotopic (exact) mass is 431 g/mol. The minimum absolute atomic E-state index is 0.0200. The van der Waals surface area contributed by atoms with E-state index in [1.165, 1.54) is 27.5 Å². The lowest BCUT2D eigenvalue weighted by molar-refractivity contribution is 0.390. The molecule has 5 heteroatoms.